The van der Waals surface area contributed by atoms with Gasteiger partial charge in [0.05, 0.1) is 48.8 Å². The molecule has 0 spiro atoms. The van der Waals surface area contributed by atoms with Gasteiger partial charge in [0, 0.05) is 24.2 Å². The van der Waals surface area contributed by atoms with Gasteiger partial charge < -0.3 is 33.7 Å². The van der Waals surface area contributed by atoms with Gasteiger partial charge in [0.1, 0.15) is 48.1 Å². The number of nitrogens with one attached hydrogen (secondary N) is 1. The number of nitrogens with zero attached hydrogens (tertiary/aromatic N) is 1. The number of rotatable bonds is 20. The molecule has 1 aliphatic carbocycles. The van der Waals surface area contributed by atoms with E-state index in [2.05, 4.69) is 90.3 Å². The van der Waals surface area contributed by atoms with Crippen molar-refractivity contribution in [1.82, 2.24) is 10.2 Å². The van der Waals surface area contributed by atoms with Gasteiger partial charge in [0.2, 0.25) is 5.91 Å². The van der Waals surface area contributed by atoms with E-state index in [9.17, 15) is 32.4 Å². The summed E-state index contributed by atoms with van der Waals surface area (Å²) in [5.41, 5.74) is 4.34. The first kappa shape index (κ1) is 72.0. The minimum atomic E-state index is -3.28. The number of fused-ring (bicyclic) bond motifs is 3. The van der Waals surface area contributed by atoms with Gasteiger partial charge in [0.15, 0.2) is 0 Å². The zero-order chi connectivity index (χ0) is 63.5. The summed E-state index contributed by atoms with van der Waals surface area (Å²) in [6, 6.07) is 32.7. The highest BCUT2D eigenvalue weighted by molar-refractivity contribution is 7.86. The van der Waals surface area contributed by atoms with Crippen LogP contribution in [0.15, 0.2) is 110 Å². The Bertz CT molecular complexity index is 2750. The van der Waals surface area contributed by atoms with Gasteiger partial charge in [0.25, 0.3) is 10.1 Å². The van der Waals surface area contributed by atoms with Gasteiger partial charge in [-0.2, -0.15) is 8.42 Å². The number of esters is 4. The third-order valence-corrected chi connectivity index (χ3v) is 13.2. The summed E-state index contributed by atoms with van der Waals surface area (Å²) < 4.78 is 59.3. The third-order valence-electron chi connectivity index (χ3n) is 12.0. The van der Waals surface area contributed by atoms with E-state index >= 15 is 0 Å². The normalized spacial score (nSPS) is 14.3. The number of hydrogen-bond donors (Lipinski definition) is 1. The molecule has 16 nitrogen and oxygen atoms in total. The van der Waals surface area contributed by atoms with Crippen LogP contribution in [0.25, 0.3) is 11.1 Å². The van der Waals surface area contributed by atoms with E-state index in [0.29, 0.717) is 23.5 Å². The summed E-state index contributed by atoms with van der Waals surface area (Å²) in [5, 5.41) is 2.71. The SMILES string of the molecule is C=CC(=O)NC(C)(C)C.CC(C)(C)N1CC1.CC(C)(C)OS(C)(=O)=O.CCC(COc1ccc(C2(c3ccc(OCC(CCl)OC(=O)CCC(=O)OC(C)(C)C)cc3)c3ccccc3-c3ccccc32)cc1)OC(=O)CCC(=O)OC(C)(C)C. The molecule has 0 radical (unpaired) electrons. The van der Waals surface area contributed by atoms with E-state index in [-0.39, 0.29) is 56.2 Å². The summed E-state index contributed by atoms with van der Waals surface area (Å²) in [7, 11) is -3.28. The Morgan fingerprint density at radius 1 is 0.595 bits per heavy atom. The summed E-state index contributed by atoms with van der Waals surface area (Å²) >= 11 is 6.14. The molecule has 2 atom stereocenters. The molecule has 0 aromatic heterocycles. The molecule has 84 heavy (non-hydrogen) atoms. The smallest absolute Gasteiger partial charge is 0.306 e. The Balaban J connectivity index is 0.000000607. The number of benzene rings is 4. The van der Waals surface area contributed by atoms with Crippen molar-refractivity contribution >= 4 is 51.5 Å². The van der Waals surface area contributed by atoms with Gasteiger partial charge in [-0.1, -0.05) is 86.3 Å². The Morgan fingerprint density at radius 3 is 1.26 bits per heavy atom. The molecule has 6 rings (SSSR count). The van der Waals surface area contributed by atoms with Crippen molar-refractivity contribution in [2.24, 2.45) is 0 Å². The standard InChI is InChI=1S/C48H55ClO10.C7H13NO.C6H13N.C5H12O3S/c1-8-34(56-42(50)25-27-44(52)58-46(2,3)4)30-54-35-21-17-32(18-22-35)48(40-15-11-9-13-38(40)39-14-10-12-16-41(39)48)33-19-23-36(24-20-33)55-31-37(29-49)57-43(51)26-28-45(53)59-47(5,6)7;1-5-6(9)8-7(2,3)4;1-6(2,3)7-4-5-7;1-5(2,3)8-9(4,6)7/h9-24,34,37H,8,25-31H2,1-7H3;5H,1H2,2-4H3,(H,8,9);4-5H2,1-3H3;1-4H3. The molecule has 2 unspecified atom stereocenters. The van der Waals surface area contributed by atoms with E-state index in [1.165, 1.54) is 19.2 Å². The zero-order valence-corrected chi connectivity index (χ0v) is 54.3. The third kappa shape index (κ3) is 25.9. The van der Waals surface area contributed by atoms with E-state index in [4.69, 9.17) is 40.0 Å². The molecule has 1 N–H and O–H groups in total. The van der Waals surface area contributed by atoms with Gasteiger partial charge in [-0.05, 0) is 174 Å². The lowest BCUT2D eigenvalue weighted by atomic mass is 9.68. The van der Waals surface area contributed by atoms with E-state index < -0.39 is 68.4 Å². The van der Waals surface area contributed by atoms with Crippen LogP contribution in [-0.4, -0.2) is 122 Å². The highest BCUT2D eigenvalue weighted by Gasteiger charge is 2.46. The topological polar surface area (TPSA) is 199 Å². The predicted octanol–water partition coefficient (Wildman–Crippen LogP) is 12.5. The number of ether oxygens (including phenoxy) is 6. The Hall–Kier alpha value is -6.27. The molecule has 0 saturated carbocycles. The van der Waals surface area contributed by atoms with Crippen LogP contribution in [0.3, 0.4) is 0 Å². The van der Waals surface area contributed by atoms with Crippen LogP contribution >= 0.6 is 11.6 Å². The lowest BCUT2D eigenvalue weighted by Gasteiger charge is -2.34. The summed E-state index contributed by atoms with van der Waals surface area (Å²) in [4.78, 5) is 62.2. The summed E-state index contributed by atoms with van der Waals surface area (Å²) in [6.07, 6.45) is 1.31. The number of carbonyl (C=O) groups excluding carboxylic acids is 5. The van der Waals surface area contributed by atoms with E-state index in [0.717, 1.165) is 39.6 Å². The molecular weight excluding hydrogens is 1110 g/mol. The quantitative estimate of drug-likeness (QED) is 0.0193. The van der Waals surface area contributed by atoms with Crippen molar-refractivity contribution in [3.63, 3.8) is 0 Å². The van der Waals surface area contributed by atoms with E-state index in [1.54, 1.807) is 62.3 Å². The highest BCUT2D eigenvalue weighted by atomic mass is 35.5. The molecule has 4 aromatic carbocycles. The lowest BCUT2D eigenvalue weighted by Crippen LogP contribution is -2.39. The van der Waals surface area contributed by atoms with Gasteiger partial charge in [-0.25, -0.2) is 0 Å². The molecule has 0 bridgehead atoms. The first-order valence-electron chi connectivity index (χ1n) is 28.4. The monoisotopic (exact) mass is 1200 g/mol. The average Bonchev–Trinajstić information content (AvgIpc) is 1.58. The molecule has 1 fully saturated rings. The molecule has 18 heteroatoms. The zero-order valence-electron chi connectivity index (χ0n) is 52.7. The maximum absolute atomic E-state index is 12.5. The Morgan fingerprint density at radius 2 is 0.976 bits per heavy atom. The summed E-state index contributed by atoms with van der Waals surface area (Å²) in [5.74, 6) is -0.865. The fourth-order valence-electron chi connectivity index (χ4n) is 8.63. The lowest BCUT2D eigenvalue weighted by molar-refractivity contribution is -0.160. The van der Waals surface area contributed by atoms with Crippen LogP contribution in [0.2, 0.25) is 0 Å². The number of carbonyl (C=O) groups is 5. The molecule has 1 saturated heterocycles. The van der Waals surface area contributed by atoms with Gasteiger partial charge in [-0.15, -0.1) is 11.6 Å². The highest BCUT2D eigenvalue weighted by Crippen LogP contribution is 2.56. The maximum Gasteiger partial charge on any atom is 0.306 e. The van der Waals surface area contributed by atoms with Crippen LogP contribution in [0.1, 0.15) is 165 Å². The molecule has 1 aliphatic heterocycles. The minimum Gasteiger partial charge on any atom is -0.490 e. The fourth-order valence-corrected chi connectivity index (χ4v) is 9.69. The number of hydrogen-bond acceptors (Lipinski definition) is 15. The van der Waals surface area contributed by atoms with Gasteiger partial charge >= 0.3 is 23.9 Å². The number of alkyl halides is 1. The second-order valence-electron chi connectivity index (χ2n) is 25.5. The summed E-state index contributed by atoms with van der Waals surface area (Å²) in [6.45, 7) is 36.3. The molecule has 464 valence electrons. The van der Waals surface area contributed by atoms with E-state index in [1.807, 2.05) is 76.2 Å². The number of halogens is 1. The van der Waals surface area contributed by atoms with Crippen molar-refractivity contribution in [2.45, 2.75) is 188 Å². The minimum absolute atomic E-state index is 0.0206. The second kappa shape index (κ2) is 31.2. The first-order chi connectivity index (χ1) is 38.8. The Kier molecular flexibility index (Phi) is 26.8. The molecular formula is C66H93ClN2O14S. The molecule has 4 aromatic rings. The average molecular weight is 1210 g/mol. The van der Waals surface area contributed by atoms with Crippen molar-refractivity contribution in [3.05, 3.63) is 132 Å². The second-order valence-corrected chi connectivity index (χ2v) is 27.4. The van der Waals surface area contributed by atoms with Crippen LogP contribution in [0.5, 0.6) is 11.5 Å². The van der Waals surface area contributed by atoms with Gasteiger partial charge in [-0.3, -0.25) is 33.1 Å². The fraction of sp³-hybridized carbons (Fsp3) is 0.530. The largest absolute Gasteiger partial charge is 0.490 e. The maximum atomic E-state index is 12.5. The van der Waals surface area contributed by atoms with Crippen molar-refractivity contribution in [3.8, 4) is 22.6 Å². The predicted molar refractivity (Wildman–Crippen MR) is 331 cm³/mol. The molecule has 1 amide bonds. The molecule has 1 heterocycles. The Labute approximate surface area is 505 Å². The van der Waals surface area contributed by atoms with Crippen LogP contribution in [0.4, 0.5) is 0 Å². The van der Waals surface area contributed by atoms with Crippen LogP contribution < -0.4 is 14.8 Å². The number of amides is 1. The van der Waals surface area contributed by atoms with Crippen molar-refractivity contribution < 1.29 is 65.0 Å². The molecule has 2 aliphatic rings. The van der Waals surface area contributed by atoms with Crippen molar-refractivity contribution in [2.75, 3.05) is 38.4 Å². The first-order valence-corrected chi connectivity index (χ1v) is 30.8. The van der Waals surface area contributed by atoms with Crippen LogP contribution in [-0.2, 0) is 62.6 Å². The van der Waals surface area contributed by atoms with Crippen molar-refractivity contribution in [1.29, 1.82) is 0 Å². The van der Waals surface area contributed by atoms with Crippen LogP contribution in [0, 0.1) is 0 Å².